The Morgan fingerprint density at radius 3 is 2.81 bits per heavy atom. The number of hydrogen-bond acceptors (Lipinski definition) is 3. The summed E-state index contributed by atoms with van der Waals surface area (Å²) < 4.78 is 0. The van der Waals surface area contributed by atoms with Crippen LogP contribution in [0.25, 0.3) is 0 Å². The number of anilines is 1. The Bertz CT molecular complexity index is 536. The first-order valence-corrected chi connectivity index (χ1v) is 7.33. The molecule has 5 nitrogen and oxygen atoms in total. The summed E-state index contributed by atoms with van der Waals surface area (Å²) in [6.07, 6.45) is 1.86. The van der Waals surface area contributed by atoms with E-state index < -0.39 is 0 Å². The number of aryl methyl sites for hydroxylation is 1. The van der Waals surface area contributed by atoms with Crippen LogP contribution in [0.1, 0.15) is 24.0 Å². The third kappa shape index (κ3) is 3.82. The van der Waals surface area contributed by atoms with Crippen molar-refractivity contribution >= 4 is 17.5 Å². The number of nitrogens with one attached hydrogen (secondary N) is 2. The zero-order valence-corrected chi connectivity index (χ0v) is 12.9. The number of carbonyl (C=O) groups excluding carboxylic acids is 2. The lowest BCUT2D eigenvalue weighted by molar-refractivity contribution is -0.134. The van der Waals surface area contributed by atoms with Gasteiger partial charge in [0, 0.05) is 12.7 Å². The Morgan fingerprint density at radius 1 is 1.38 bits per heavy atom. The Kier molecular flexibility index (Phi) is 4.96. The van der Waals surface area contributed by atoms with Gasteiger partial charge < -0.3 is 15.5 Å². The van der Waals surface area contributed by atoms with Crippen LogP contribution < -0.4 is 10.6 Å². The maximum atomic E-state index is 12.1. The van der Waals surface area contributed by atoms with Gasteiger partial charge in [-0.2, -0.15) is 0 Å². The van der Waals surface area contributed by atoms with E-state index >= 15 is 0 Å². The van der Waals surface area contributed by atoms with Crippen LogP contribution >= 0.6 is 0 Å². The highest BCUT2D eigenvalue weighted by molar-refractivity contribution is 5.95. The summed E-state index contributed by atoms with van der Waals surface area (Å²) in [5.41, 5.74) is 2.99. The van der Waals surface area contributed by atoms with Gasteiger partial charge in [-0.15, -0.1) is 0 Å². The van der Waals surface area contributed by atoms with Crippen molar-refractivity contribution < 1.29 is 9.59 Å². The molecule has 114 valence electrons. The van der Waals surface area contributed by atoms with E-state index in [1.54, 1.807) is 7.05 Å². The molecule has 1 heterocycles. The van der Waals surface area contributed by atoms with E-state index in [2.05, 4.69) is 10.6 Å². The van der Waals surface area contributed by atoms with Gasteiger partial charge in [-0.1, -0.05) is 12.1 Å². The summed E-state index contributed by atoms with van der Waals surface area (Å²) in [6, 6.07) is 5.66. The third-order valence-corrected chi connectivity index (χ3v) is 3.99. The highest BCUT2D eigenvalue weighted by Crippen LogP contribution is 2.17. The van der Waals surface area contributed by atoms with Gasteiger partial charge in [0.1, 0.15) is 0 Å². The van der Waals surface area contributed by atoms with Gasteiger partial charge in [0.05, 0.1) is 12.6 Å². The fraction of sp³-hybridized carbons (Fsp3) is 0.500. The molecule has 1 atom stereocenters. The number of likely N-dealkylation sites (N-methyl/N-ethyl adjacent to an activating group) is 1. The quantitative estimate of drug-likeness (QED) is 0.882. The van der Waals surface area contributed by atoms with Crippen LogP contribution in [0.3, 0.4) is 0 Å². The van der Waals surface area contributed by atoms with Crippen LogP contribution in [0.15, 0.2) is 18.2 Å². The number of carbonyl (C=O) groups is 2. The van der Waals surface area contributed by atoms with Crippen molar-refractivity contribution in [3.05, 3.63) is 29.3 Å². The fourth-order valence-corrected chi connectivity index (χ4v) is 2.53. The number of nitrogens with zero attached hydrogens (tertiary/aromatic N) is 1. The largest absolute Gasteiger partial charge is 0.335 e. The minimum absolute atomic E-state index is 0.0105. The second-order valence-electron chi connectivity index (χ2n) is 5.64. The first-order chi connectivity index (χ1) is 9.99. The van der Waals surface area contributed by atoms with E-state index in [1.807, 2.05) is 32.0 Å². The number of benzene rings is 1. The molecule has 0 spiro atoms. The highest BCUT2D eigenvalue weighted by atomic mass is 16.2. The minimum atomic E-state index is -0.169. The minimum Gasteiger partial charge on any atom is -0.335 e. The standard InChI is InChI=1S/C16H23N3O2/c1-11-6-4-7-13(12(11)2)18-15(20)10-19(3)16(21)14-8-5-9-17-14/h4,6-7,14,17H,5,8-10H2,1-3H3,(H,18,20). The summed E-state index contributed by atoms with van der Waals surface area (Å²) >= 11 is 0. The Labute approximate surface area is 125 Å². The van der Waals surface area contributed by atoms with Gasteiger partial charge >= 0.3 is 0 Å². The SMILES string of the molecule is Cc1cccc(NC(=O)CN(C)C(=O)C2CCCN2)c1C. The lowest BCUT2D eigenvalue weighted by Crippen LogP contribution is -2.44. The van der Waals surface area contributed by atoms with Crippen LogP contribution in [-0.4, -0.2) is 42.9 Å². The second-order valence-corrected chi connectivity index (χ2v) is 5.64. The zero-order valence-electron chi connectivity index (χ0n) is 12.9. The van der Waals surface area contributed by atoms with Crippen LogP contribution in [0, 0.1) is 13.8 Å². The molecule has 0 radical (unpaired) electrons. The van der Waals surface area contributed by atoms with Gasteiger partial charge in [0.2, 0.25) is 11.8 Å². The van der Waals surface area contributed by atoms with Crippen molar-refractivity contribution in [3.63, 3.8) is 0 Å². The Balaban J connectivity index is 1.92. The molecular weight excluding hydrogens is 266 g/mol. The molecule has 1 aromatic rings. The van der Waals surface area contributed by atoms with E-state index in [0.29, 0.717) is 0 Å². The summed E-state index contributed by atoms with van der Waals surface area (Å²) in [7, 11) is 1.67. The number of rotatable bonds is 4. The van der Waals surface area contributed by atoms with Gasteiger partial charge in [-0.25, -0.2) is 0 Å². The lowest BCUT2D eigenvalue weighted by Gasteiger charge is -2.21. The van der Waals surface area contributed by atoms with Crippen molar-refractivity contribution in [1.82, 2.24) is 10.2 Å². The predicted octanol–water partition coefficient (Wildman–Crippen LogP) is 1.45. The van der Waals surface area contributed by atoms with Crippen molar-refractivity contribution in [2.75, 3.05) is 25.5 Å². The molecule has 1 aliphatic rings. The summed E-state index contributed by atoms with van der Waals surface area (Å²) in [4.78, 5) is 25.7. The van der Waals surface area contributed by atoms with E-state index in [0.717, 1.165) is 36.2 Å². The zero-order chi connectivity index (χ0) is 15.4. The topological polar surface area (TPSA) is 61.4 Å². The van der Waals surface area contributed by atoms with Crippen LogP contribution in [0.5, 0.6) is 0 Å². The van der Waals surface area contributed by atoms with Crippen molar-refractivity contribution in [1.29, 1.82) is 0 Å². The first-order valence-electron chi connectivity index (χ1n) is 7.33. The Hall–Kier alpha value is -1.88. The molecule has 1 saturated heterocycles. The van der Waals surface area contributed by atoms with Crippen molar-refractivity contribution in [2.24, 2.45) is 0 Å². The molecule has 1 fully saturated rings. The molecule has 21 heavy (non-hydrogen) atoms. The molecule has 2 amide bonds. The smallest absolute Gasteiger partial charge is 0.243 e. The van der Waals surface area contributed by atoms with E-state index in [9.17, 15) is 9.59 Å². The fourth-order valence-electron chi connectivity index (χ4n) is 2.53. The molecular formula is C16H23N3O2. The molecule has 1 unspecified atom stereocenters. The summed E-state index contributed by atoms with van der Waals surface area (Å²) in [5.74, 6) is -0.179. The van der Waals surface area contributed by atoms with Crippen LogP contribution in [-0.2, 0) is 9.59 Å². The summed E-state index contributed by atoms with van der Waals surface area (Å²) in [6.45, 7) is 4.93. The maximum Gasteiger partial charge on any atom is 0.243 e. The maximum absolute atomic E-state index is 12.1. The molecule has 0 aromatic heterocycles. The Morgan fingerprint density at radius 2 is 2.14 bits per heavy atom. The second kappa shape index (κ2) is 6.72. The molecule has 2 rings (SSSR count). The molecule has 1 aliphatic heterocycles. The average molecular weight is 289 g/mol. The molecule has 0 saturated carbocycles. The summed E-state index contributed by atoms with van der Waals surface area (Å²) in [5, 5.41) is 6.03. The van der Waals surface area contributed by atoms with Gasteiger partial charge in [0.15, 0.2) is 0 Å². The number of hydrogen-bond donors (Lipinski definition) is 2. The predicted molar refractivity (Wildman–Crippen MR) is 83.2 cm³/mol. The molecule has 2 N–H and O–H groups in total. The highest BCUT2D eigenvalue weighted by Gasteiger charge is 2.25. The van der Waals surface area contributed by atoms with Gasteiger partial charge in [-0.05, 0) is 50.4 Å². The monoisotopic (exact) mass is 289 g/mol. The van der Waals surface area contributed by atoms with Crippen LogP contribution in [0.4, 0.5) is 5.69 Å². The van der Waals surface area contributed by atoms with E-state index in [1.165, 1.54) is 4.90 Å². The normalized spacial score (nSPS) is 17.6. The van der Waals surface area contributed by atoms with E-state index in [-0.39, 0.29) is 24.4 Å². The number of amides is 2. The van der Waals surface area contributed by atoms with Gasteiger partial charge in [0.25, 0.3) is 0 Å². The van der Waals surface area contributed by atoms with E-state index in [4.69, 9.17) is 0 Å². The molecule has 5 heteroatoms. The third-order valence-electron chi connectivity index (χ3n) is 3.99. The van der Waals surface area contributed by atoms with Gasteiger partial charge in [-0.3, -0.25) is 9.59 Å². The molecule has 0 bridgehead atoms. The first kappa shape index (κ1) is 15.5. The van der Waals surface area contributed by atoms with Crippen LogP contribution in [0.2, 0.25) is 0 Å². The molecule has 0 aliphatic carbocycles. The lowest BCUT2D eigenvalue weighted by atomic mass is 10.1. The average Bonchev–Trinajstić information content (AvgIpc) is 2.97. The molecule has 1 aromatic carbocycles. The van der Waals surface area contributed by atoms with Crippen molar-refractivity contribution in [3.8, 4) is 0 Å². The van der Waals surface area contributed by atoms with Crippen molar-refractivity contribution in [2.45, 2.75) is 32.7 Å².